The van der Waals surface area contributed by atoms with Gasteiger partial charge in [0.15, 0.2) is 5.69 Å². The monoisotopic (exact) mass is 324 g/mol. The van der Waals surface area contributed by atoms with Crippen molar-refractivity contribution in [1.29, 1.82) is 0 Å². The number of hydrogen-bond acceptors (Lipinski definition) is 6. The van der Waals surface area contributed by atoms with Crippen molar-refractivity contribution in [2.24, 2.45) is 0 Å². The molecule has 1 aromatic carbocycles. The molecule has 0 saturated carbocycles. The lowest BCUT2D eigenvalue weighted by atomic mass is 10.0. The van der Waals surface area contributed by atoms with Gasteiger partial charge in [0.25, 0.3) is 0 Å². The van der Waals surface area contributed by atoms with Gasteiger partial charge < -0.3 is 9.15 Å². The zero-order valence-electron chi connectivity index (χ0n) is 13.6. The highest BCUT2D eigenvalue weighted by Gasteiger charge is 2.13. The molecule has 0 aliphatic carbocycles. The smallest absolute Gasteiger partial charge is 0.358 e. The number of benzene rings is 1. The van der Waals surface area contributed by atoms with Crippen molar-refractivity contribution in [2.45, 2.75) is 27.4 Å². The van der Waals surface area contributed by atoms with E-state index in [0.717, 1.165) is 16.5 Å². The number of aromatic nitrogens is 2. The molecule has 0 saturated heterocycles. The fourth-order valence-electron chi connectivity index (χ4n) is 2.36. The van der Waals surface area contributed by atoms with Crippen LogP contribution in [-0.2, 0) is 11.3 Å². The average Bonchev–Trinajstić information content (AvgIpc) is 2.56. The molecule has 0 N–H and O–H groups in total. The molecule has 2 heterocycles. The lowest BCUT2D eigenvalue weighted by Crippen LogP contribution is -2.10. The first-order valence-electron chi connectivity index (χ1n) is 7.44. The van der Waals surface area contributed by atoms with Crippen LogP contribution < -0.4 is 5.63 Å². The highest BCUT2D eigenvalue weighted by atomic mass is 16.5. The molecule has 0 atom stereocenters. The number of aryl methyl sites for hydroxylation is 3. The van der Waals surface area contributed by atoms with Crippen LogP contribution >= 0.6 is 0 Å². The standard InChI is InChI=1S/C18H16N2O4/c1-10-4-5-14-13(6-16(21)24-17(14)12(10)3)9-23-18(22)15-8-19-11(2)7-20-15/h4-8H,9H2,1-3H3. The second kappa shape index (κ2) is 6.23. The number of carbonyl (C=O) groups excluding carboxylic acids is 1. The Labute approximate surface area is 138 Å². The number of rotatable bonds is 3. The van der Waals surface area contributed by atoms with Crippen LogP contribution in [0.3, 0.4) is 0 Å². The lowest BCUT2D eigenvalue weighted by Gasteiger charge is -2.09. The maximum Gasteiger partial charge on any atom is 0.358 e. The summed E-state index contributed by atoms with van der Waals surface area (Å²) < 4.78 is 10.6. The largest absolute Gasteiger partial charge is 0.456 e. The summed E-state index contributed by atoms with van der Waals surface area (Å²) in [5.41, 5.74) is 3.39. The van der Waals surface area contributed by atoms with Crippen molar-refractivity contribution in [3.63, 3.8) is 0 Å². The van der Waals surface area contributed by atoms with Gasteiger partial charge in [-0.25, -0.2) is 14.6 Å². The van der Waals surface area contributed by atoms with E-state index in [9.17, 15) is 9.59 Å². The van der Waals surface area contributed by atoms with Crippen LogP contribution in [0.4, 0.5) is 0 Å². The van der Waals surface area contributed by atoms with E-state index in [1.165, 1.54) is 18.5 Å². The Hall–Kier alpha value is -3.02. The molecule has 24 heavy (non-hydrogen) atoms. The first kappa shape index (κ1) is 15.9. The number of carbonyl (C=O) groups is 1. The fraction of sp³-hybridized carbons (Fsp3) is 0.222. The van der Waals surface area contributed by atoms with Gasteiger partial charge in [-0.2, -0.15) is 0 Å². The van der Waals surface area contributed by atoms with Crippen molar-refractivity contribution < 1.29 is 13.9 Å². The molecule has 0 fully saturated rings. The molecule has 0 amide bonds. The van der Waals surface area contributed by atoms with Gasteiger partial charge in [-0.3, -0.25) is 4.98 Å². The molecule has 0 spiro atoms. The molecule has 6 nitrogen and oxygen atoms in total. The maximum atomic E-state index is 12.0. The van der Waals surface area contributed by atoms with Gasteiger partial charge in [-0.1, -0.05) is 12.1 Å². The third-order valence-corrected chi connectivity index (χ3v) is 3.87. The number of fused-ring (bicyclic) bond motifs is 1. The van der Waals surface area contributed by atoms with Gasteiger partial charge in [0.1, 0.15) is 12.2 Å². The Morgan fingerprint density at radius 2 is 1.96 bits per heavy atom. The molecule has 2 aromatic heterocycles. The summed E-state index contributed by atoms with van der Waals surface area (Å²) >= 11 is 0. The molecule has 0 bridgehead atoms. The number of esters is 1. The number of nitrogens with zero attached hydrogens (tertiary/aromatic N) is 2. The van der Waals surface area contributed by atoms with E-state index in [2.05, 4.69) is 9.97 Å². The van der Waals surface area contributed by atoms with Crippen LogP contribution in [0.15, 0.2) is 39.8 Å². The summed E-state index contributed by atoms with van der Waals surface area (Å²) in [6, 6.07) is 5.13. The Morgan fingerprint density at radius 3 is 2.67 bits per heavy atom. The summed E-state index contributed by atoms with van der Waals surface area (Å²) in [6.07, 6.45) is 2.86. The topological polar surface area (TPSA) is 82.3 Å². The molecular weight excluding hydrogens is 308 g/mol. The van der Waals surface area contributed by atoms with Crippen LogP contribution in [0.5, 0.6) is 0 Å². The quantitative estimate of drug-likeness (QED) is 0.544. The van der Waals surface area contributed by atoms with Crippen molar-refractivity contribution in [3.05, 3.63) is 69.1 Å². The second-order valence-corrected chi connectivity index (χ2v) is 5.59. The van der Waals surface area contributed by atoms with Crippen LogP contribution in [-0.4, -0.2) is 15.9 Å². The van der Waals surface area contributed by atoms with Gasteiger partial charge >= 0.3 is 11.6 Å². The van der Waals surface area contributed by atoms with Gasteiger partial charge in [-0.15, -0.1) is 0 Å². The van der Waals surface area contributed by atoms with Crippen molar-refractivity contribution in [3.8, 4) is 0 Å². The van der Waals surface area contributed by atoms with E-state index in [1.54, 1.807) is 6.92 Å². The average molecular weight is 324 g/mol. The normalized spacial score (nSPS) is 10.8. The zero-order valence-corrected chi connectivity index (χ0v) is 13.6. The molecule has 0 unspecified atom stereocenters. The predicted octanol–water partition coefficient (Wildman–Crippen LogP) is 2.87. The van der Waals surface area contributed by atoms with E-state index in [1.807, 2.05) is 26.0 Å². The summed E-state index contributed by atoms with van der Waals surface area (Å²) in [5.74, 6) is -0.590. The van der Waals surface area contributed by atoms with Crippen molar-refractivity contribution >= 4 is 16.9 Å². The summed E-state index contributed by atoms with van der Waals surface area (Å²) in [6.45, 7) is 5.57. The minimum absolute atomic E-state index is 0.0427. The van der Waals surface area contributed by atoms with Gasteiger partial charge in [0.2, 0.25) is 0 Å². The summed E-state index contributed by atoms with van der Waals surface area (Å²) in [4.78, 5) is 31.8. The Bertz CT molecular complexity index is 975. The van der Waals surface area contributed by atoms with Crippen LogP contribution in [0.1, 0.15) is 32.9 Å². The summed E-state index contributed by atoms with van der Waals surface area (Å²) in [5, 5.41) is 0.750. The van der Waals surface area contributed by atoms with Gasteiger partial charge in [0, 0.05) is 23.2 Å². The third kappa shape index (κ3) is 3.03. The first-order valence-corrected chi connectivity index (χ1v) is 7.44. The Kier molecular flexibility index (Phi) is 4.12. The van der Waals surface area contributed by atoms with E-state index >= 15 is 0 Å². The second-order valence-electron chi connectivity index (χ2n) is 5.59. The highest BCUT2D eigenvalue weighted by Crippen LogP contribution is 2.23. The molecular formula is C18H16N2O4. The van der Waals surface area contributed by atoms with Gasteiger partial charge in [-0.05, 0) is 31.9 Å². The van der Waals surface area contributed by atoms with E-state index in [4.69, 9.17) is 9.15 Å². The predicted molar refractivity (Wildman–Crippen MR) is 87.8 cm³/mol. The van der Waals surface area contributed by atoms with Gasteiger partial charge in [0.05, 0.1) is 11.9 Å². The van der Waals surface area contributed by atoms with Crippen molar-refractivity contribution in [1.82, 2.24) is 9.97 Å². The maximum absolute atomic E-state index is 12.0. The minimum Gasteiger partial charge on any atom is -0.456 e. The number of ether oxygens (including phenoxy) is 1. The summed E-state index contributed by atoms with van der Waals surface area (Å²) in [7, 11) is 0. The van der Waals surface area contributed by atoms with Crippen LogP contribution in [0.2, 0.25) is 0 Å². The highest BCUT2D eigenvalue weighted by molar-refractivity contribution is 5.87. The Morgan fingerprint density at radius 1 is 1.17 bits per heavy atom. The van der Waals surface area contributed by atoms with Crippen LogP contribution in [0, 0.1) is 20.8 Å². The molecule has 122 valence electrons. The molecule has 0 aliphatic rings. The van der Waals surface area contributed by atoms with E-state index < -0.39 is 11.6 Å². The minimum atomic E-state index is -0.590. The van der Waals surface area contributed by atoms with E-state index in [0.29, 0.717) is 16.8 Å². The zero-order chi connectivity index (χ0) is 17.3. The van der Waals surface area contributed by atoms with E-state index in [-0.39, 0.29) is 12.3 Å². The fourth-order valence-corrected chi connectivity index (χ4v) is 2.36. The Balaban J connectivity index is 1.90. The van der Waals surface area contributed by atoms with Crippen LogP contribution in [0.25, 0.3) is 11.0 Å². The molecule has 0 radical (unpaired) electrons. The molecule has 0 aliphatic heterocycles. The first-order chi connectivity index (χ1) is 11.5. The third-order valence-electron chi connectivity index (χ3n) is 3.87. The van der Waals surface area contributed by atoms with Crippen molar-refractivity contribution in [2.75, 3.05) is 0 Å². The SMILES string of the molecule is Cc1cnc(C(=O)OCc2cc(=O)oc3c(C)c(C)ccc23)cn1. The molecule has 6 heteroatoms. The molecule has 3 aromatic rings. The number of hydrogen-bond donors (Lipinski definition) is 0. The lowest BCUT2D eigenvalue weighted by molar-refractivity contribution is 0.0466. The molecule has 3 rings (SSSR count).